The van der Waals surface area contributed by atoms with E-state index >= 15 is 0 Å². The molecule has 1 aromatic heterocycles. The second-order valence-electron chi connectivity index (χ2n) is 4.87. The van der Waals surface area contributed by atoms with Gasteiger partial charge in [0.1, 0.15) is 16.2 Å². The molecular formula is C12H18BrN3. The molecule has 0 aliphatic heterocycles. The van der Waals surface area contributed by atoms with E-state index in [-0.39, 0.29) is 5.54 Å². The van der Waals surface area contributed by atoms with Gasteiger partial charge in [-0.05, 0) is 42.6 Å². The summed E-state index contributed by atoms with van der Waals surface area (Å²) < 4.78 is 0.849. The summed E-state index contributed by atoms with van der Waals surface area (Å²) in [6, 6.07) is 1.95. The third-order valence-corrected chi connectivity index (χ3v) is 3.60. The van der Waals surface area contributed by atoms with Crippen LogP contribution in [0.3, 0.4) is 0 Å². The van der Waals surface area contributed by atoms with Gasteiger partial charge in [0.2, 0.25) is 0 Å². The Morgan fingerprint density at radius 1 is 1.25 bits per heavy atom. The summed E-state index contributed by atoms with van der Waals surface area (Å²) in [6.07, 6.45) is 6.45. The van der Waals surface area contributed by atoms with Crippen molar-refractivity contribution in [2.24, 2.45) is 0 Å². The third kappa shape index (κ3) is 2.94. The van der Waals surface area contributed by atoms with E-state index in [1.165, 1.54) is 32.1 Å². The van der Waals surface area contributed by atoms with Crippen molar-refractivity contribution in [1.82, 2.24) is 9.97 Å². The van der Waals surface area contributed by atoms with Crippen LogP contribution in [-0.2, 0) is 0 Å². The first-order chi connectivity index (χ1) is 7.57. The number of hydrogen-bond donors (Lipinski definition) is 1. The Morgan fingerprint density at radius 2 is 1.94 bits per heavy atom. The molecular weight excluding hydrogens is 266 g/mol. The van der Waals surface area contributed by atoms with E-state index in [0.717, 1.165) is 16.2 Å². The number of nitrogens with zero attached hydrogens (tertiary/aromatic N) is 2. The fourth-order valence-electron chi connectivity index (χ4n) is 2.36. The number of anilines is 1. The molecule has 1 N–H and O–H groups in total. The number of aryl methyl sites for hydroxylation is 1. The van der Waals surface area contributed by atoms with Crippen LogP contribution in [0.1, 0.15) is 44.9 Å². The molecule has 0 bridgehead atoms. The standard InChI is InChI=1S/C12H18BrN3/c1-9-14-10(13)8-11(15-9)16-12(2)6-4-3-5-7-12/h8H,3-7H2,1-2H3,(H,14,15,16). The van der Waals surface area contributed by atoms with Crippen LogP contribution in [0.2, 0.25) is 0 Å². The molecule has 1 aliphatic carbocycles. The van der Waals surface area contributed by atoms with Gasteiger partial charge in [-0.1, -0.05) is 19.3 Å². The zero-order valence-corrected chi connectivity index (χ0v) is 11.5. The molecule has 2 rings (SSSR count). The van der Waals surface area contributed by atoms with Gasteiger partial charge in [-0.15, -0.1) is 0 Å². The zero-order chi connectivity index (χ0) is 11.6. The summed E-state index contributed by atoms with van der Waals surface area (Å²) in [4.78, 5) is 8.64. The van der Waals surface area contributed by atoms with Crippen molar-refractivity contribution in [3.63, 3.8) is 0 Å². The molecule has 16 heavy (non-hydrogen) atoms. The van der Waals surface area contributed by atoms with E-state index in [1.807, 2.05) is 13.0 Å². The number of nitrogens with one attached hydrogen (secondary N) is 1. The fourth-order valence-corrected chi connectivity index (χ4v) is 2.84. The smallest absolute Gasteiger partial charge is 0.131 e. The summed E-state index contributed by atoms with van der Waals surface area (Å²) in [7, 11) is 0. The van der Waals surface area contributed by atoms with E-state index in [2.05, 4.69) is 38.1 Å². The molecule has 0 saturated heterocycles. The number of halogens is 1. The van der Waals surface area contributed by atoms with Crippen molar-refractivity contribution in [2.45, 2.75) is 51.5 Å². The van der Waals surface area contributed by atoms with Gasteiger partial charge in [0.15, 0.2) is 0 Å². The highest BCUT2D eigenvalue weighted by Gasteiger charge is 2.26. The summed E-state index contributed by atoms with van der Waals surface area (Å²) in [5.74, 6) is 1.74. The maximum atomic E-state index is 4.42. The lowest BCUT2D eigenvalue weighted by molar-refractivity contribution is 0.348. The van der Waals surface area contributed by atoms with Crippen LogP contribution in [0.5, 0.6) is 0 Å². The Labute approximate surface area is 105 Å². The van der Waals surface area contributed by atoms with Gasteiger partial charge >= 0.3 is 0 Å². The van der Waals surface area contributed by atoms with Gasteiger partial charge in [-0.2, -0.15) is 0 Å². The zero-order valence-electron chi connectivity index (χ0n) is 9.89. The first-order valence-corrected chi connectivity index (χ1v) is 6.66. The Morgan fingerprint density at radius 3 is 2.56 bits per heavy atom. The minimum atomic E-state index is 0.207. The predicted molar refractivity (Wildman–Crippen MR) is 69.6 cm³/mol. The van der Waals surface area contributed by atoms with E-state index in [9.17, 15) is 0 Å². The molecule has 0 radical (unpaired) electrons. The Kier molecular flexibility index (Phi) is 3.47. The Hall–Kier alpha value is -0.640. The van der Waals surface area contributed by atoms with Crippen LogP contribution < -0.4 is 5.32 Å². The summed E-state index contributed by atoms with van der Waals surface area (Å²) >= 11 is 3.40. The molecule has 1 saturated carbocycles. The molecule has 4 heteroatoms. The largest absolute Gasteiger partial charge is 0.365 e. The van der Waals surface area contributed by atoms with Gasteiger partial charge in [0, 0.05) is 11.6 Å². The molecule has 0 spiro atoms. The van der Waals surface area contributed by atoms with Crippen LogP contribution in [0.15, 0.2) is 10.7 Å². The molecule has 0 aromatic carbocycles. The Bertz CT molecular complexity index is 352. The van der Waals surface area contributed by atoms with E-state index < -0.39 is 0 Å². The first kappa shape index (κ1) is 11.8. The average Bonchev–Trinajstić information content (AvgIpc) is 2.15. The van der Waals surface area contributed by atoms with Gasteiger partial charge in [-0.25, -0.2) is 9.97 Å². The lowest BCUT2D eigenvalue weighted by atomic mass is 9.83. The summed E-state index contributed by atoms with van der Waals surface area (Å²) in [5.41, 5.74) is 0.207. The molecule has 0 amide bonds. The van der Waals surface area contributed by atoms with E-state index in [1.54, 1.807) is 0 Å². The van der Waals surface area contributed by atoms with Gasteiger partial charge in [-0.3, -0.25) is 0 Å². The quantitative estimate of drug-likeness (QED) is 0.842. The van der Waals surface area contributed by atoms with Crippen LogP contribution >= 0.6 is 15.9 Å². The fraction of sp³-hybridized carbons (Fsp3) is 0.667. The molecule has 1 aromatic rings. The lowest BCUT2D eigenvalue weighted by Crippen LogP contribution is -2.37. The molecule has 0 atom stereocenters. The minimum absolute atomic E-state index is 0.207. The first-order valence-electron chi connectivity index (χ1n) is 5.87. The summed E-state index contributed by atoms with van der Waals surface area (Å²) in [6.45, 7) is 4.21. The van der Waals surface area contributed by atoms with Crippen LogP contribution in [0.4, 0.5) is 5.82 Å². The van der Waals surface area contributed by atoms with Crippen LogP contribution in [-0.4, -0.2) is 15.5 Å². The van der Waals surface area contributed by atoms with E-state index in [4.69, 9.17) is 0 Å². The highest BCUT2D eigenvalue weighted by molar-refractivity contribution is 9.10. The molecule has 1 aliphatic rings. The SMILES string of the molecule is Cc1nc(Br)cc(NC2(C)CCCCC2)n1. The van der Waals surface area contributed by atoms with Crippen molar-refractivity contribution in [3.8, 4) is 0 Å². The highest BCUT2D eigenvalue weighted by Crippen LogP contribution is 2.31. The molecule has 3 nitrogen and oxygen atoms in total. The minimum Gasteiger partial charge on any atom is -0.365 e. The van der Waals surface area contributed by atoms with E-state index in [0.29, 0.717) is 0 Å². The monoisotopic (exact) mass is 283 g/mol. The van der Waals surface area contributed by atoms with Gasteiger partial charge < -0.3 is 5.32 Å². The topological polar surface area (TPSA) is 37.8 Å². The van der Waals surface area contributed by atoms with Gasteiger partial charge in [0.05, 0.1) is 0 Å². The lowest BCUT2D eigenvalue weighted by Gasteiger charge is -2.35. The normalized spacial score (nSPS) is 19.4. The maximum Gasteiger partial charge on any atom is 0.131 e. The number of aromatic nitrogens is 2. The third-order valence-electron chi connectivity index (χ3n) is 3.19. The van der Waals surface area contributed by atoms with Crippen LogP contribution in [0, 0.1) is 6.92 Å². The summed E-state index contributed by atoms with van der Waals surface area (Å²) in [5, 5.41) is 3.56. The maximum absolute atomic E-state index is 4.42. The van der Waals surface area contributed by atoms with Crippen molar-refractivity contribution >= 4 is 21.7 Å². The van der Waals surface area contributed by atoms with Gasteiger partial charge in [0.25, 0.3) is 0 Å². The second-order valence-corrected chi connectivity index (χ2v) is 5.68. The van der Waals surface area contributed by atoms with Crippen molar-refractivity contribution < 1.29 is 0 Å². The predicted octanol–water partition coefficient (Wildman–Crippen LogP) is 3.68. The number of rotatable bonds is 2. The molecule has 88 valence electrons. The highest BCUT2D eigenvalue weighted by atomic mass is 79.9. The molecule has 1 fully saturated rings. The Balaban J connectivity index is 2.13. The van der Waals surface area contributed by atoms with Crippen molar-refractivity contribution in [2.75, 3.05) is 5.32 Å². The molecule has 1 heterocycles. The van der Waals surface area contributed by atoms with Crippen LogP contribution in [0.25, 0.3) is 0 Å². The second kappa shape index (κ2) is 4.70. The average molecular weight is 284 g/mol. The van der Waals surface area contributed by atoms with Crippen molar-refractivity contribution in [3.05, 3.63) is 16.5 Å². The van der Waals surface area contributed by atoms with Crippen molar-refractivity contribution in [1.29, 1.82) is 0 Å². The molecule has 0 unspecified atom stereocenters. The number of hydrogen-bond acceptors (Lipinski definition) is 3.